The molecule has 0 spiro atoms. The summed E-state index contributed by atoms with van der Waals surface area (Å²) < 4.78 is 7.40. The summed E-state index contributed by atoms with van der Waals surface area (Å²) in [7, 11) is 0. The summed E-state index contributed by atoms with van der Waals surface area (Å²) in [5.41, 5.74) is 2.95. The van der Waals surface area contributed by atoms with Gasteiger partial charge < -0.3 is 24.3 Å². The SMILES string of the molecule is Cc1c(CCC(=O)NCCN2C[C@H]3C[C@@H](C2)c2cccc(=O)n2C3)c(=O)oc2c(C)c(O)ccc12. The van der Waals surface area contributed by atoms with E-state index in [0.717, 1.165) is 49.2 Å². The van der Waals surface area contributed by atoms with Crippen LogP contribution < -0.4 is 16.5 Å². The lowest BCUT2D eigenvalue weighted by atomic mass is 9.83. The molecule has 0 saturated carbocycles. The smallest absolute Gasteiger partial charge is 0.339 e. The fourth-order valence-electron chi connectivity index (χ4n) is 5.73. The molecule has 2 bridgehead atoms. The molecular weight excluding hydrogens is 446 g/mol. The fraction of sp³-hybridized carbons (Fsp3) is 0.444. The number of piperidine rings is 1. The maximum absolute atomic E-state index is 12.5. The summed E-state index contributed by atoms with van der Waals surface area (Å²) in [5, 5.41) is 13.6. The minimum atomic E-state index is -0.462. The van der Waals surface area contributed by atoms with Gasteiger partial charge in [0, 0.05) is 73.3 Å². The van der Waals surface area contributed by atoms with Crippen molar-refractivity contribution in [2.45, 2.75) is 45.6 Å². The van der Waals surface area contributed by atoms with Crippen molar-refractivity contribution in [3.8, 4) is 5.75 Å². The number of hydrogen-bond donors (Lipinski definition) is 2. The lowest BCUT2D eigenvalue weighted by Crippen LogP contribution is -2.48. The van der Waals surface area contributed by atoms with E-state index in [2.05, 4.69) is 16.3 Å². The first kappa shape index (κ1) is 23.4. The zero-order valence-corrected chi connectivity index (χ0v) is 20.2. The van der Waals surface area contributed by atoms with Gasteiger partial charge in [-0.15, -0.1) is 0 Å². The molecule has 184 valence electrons. The number of aromatic nitrogens is 1. The number of rotatable bonds is 6. The van der Waals surface area contributed by atoms with Gasteiger partial charge in [0.2, 0.25) is 5.91 Å². The topological polar surface area (TPSA) is 105 Å². The molecule has 5 rings (SSSR count). The van der Waals surface area contributed by atoms with Crippen LogP contribution in [0.25, 0.3) is 11.0 Å². The highest BCUT2D eigenvalue weighted by molar-refractivity contribution is 5.85. The summed E-state index contributed by atoms with van der Waals surface area (Å²) in [6, 6.07) is 8.86. The van der Waals surface area contributed by atoms with Crippen molar-refractivity contribution in [3.63, 3.8) is 0 Å². The van der Waals surface area contributed by atoms with E-state index in [1.807, 2.05) is 17.6 Å². The molecule has 2 aliphatic heterocycles. The zero-order chi connectivity index (χ0) is 24.7. The van der Waals surface area contributed by atoms with Crippen LogP contribution in [0.5, 0.6) is 5.75 Å². The van der Waals surface area contributed by atoms with Crippen LogP contribution in [0, 0.1) is 19.8 Å². The molecule has 8 heteroatoms. The second-order valence-electron chi connectivity index (χ2n) is 9.89. The molecule has 2 N–H and O–H groups in total. The van der Waals surface area contributed by atoms with E-state index < -0.39 is 5.63 Å². The number of nitrogens with one attached hydrogen (secondary N) is 1. The number of aryl methyl sites for hydroxylation is 2. The van der Waals surface area contributed by atoms with Crippen LogP contribution in [0.1, 0.15) is 41.1 Å². The minimum absolute atomic E-state index is 0.0851. The highest BCUT2D eigenvalue weighted by atomic mass is 16.4. The lowest BCUT2D eigenvalue weighted by Gasteiger charge is -2.42. The number of carbonyl (C=O) groups excluding carboxylic acids is 1. The molecule has 0 aliphatic carbocycles. The van der Waals surface area contributed by atoms with Gasteiger partial charge in [0.1, 0.15) is 11.3 Å². The van der Waals surface area contributed by atoms with Crippen LogP contribution >= 0.6 is 0 Å². The Kier molecular flexibility index (Phi) is 6.23. The second kappa shape index (κ2) is 9.34. The van der Waals surface area contributed by atoms with Crippen molar-refractivity contribution in [1.29, 1.82) is 0 Å². The third-order valence-corrected chi connectivity index (χ3v) is 7.58. The Balaban J connectivity index is 1.16. The van der Waals surface area contributed by atoms with E-state index in [9.17, 15) is 19.5 Å². The highest BCUT2D eigenvalue weighted by Crippen LogP contribution is 2.34. The molecule has 1 aromatic carbocycles. The van der Waals surface area contributed by atoms with Crippen LogP contribution in [0.2, 0.25) is 0 Å². The molecule has 1 amide bonds. The maximum atomic E-state index is 12.5. The van der Waals surface area contributed by atoms with Gasteiger partial charge in [-0.2, -0.15) is 0 Å². The Bertz CT molecular complexity index is 1410. The van der Waals surface area contributed by atoms with Gasteiger partial charge in [-0.1, -0.05) is 6.07 Å². The number of pyridine rings is 1. The first-order valence-corrected chi connectivity index (χ1v) is 12.3. The molecule has 35 heavy (non-hydrogen) atoms. The number of nitrogens with zero attached hydrogens (tertiary/aromatic N) is 2. The van der Waals surface area contributed by atoms with Crippen LogP contribution in [0.3, 0.4) is 0 Å². The lowest BCUT2D eigenvalue weighted by molar-refractivity contribution is -0.121. The normalized spacial score (nSPS) is 19.5. The van der Waals surface area contributed by atoms with Crippen molar-refractivity contribution in [1.82, 2.24) is 14.8 Å². The van der Waals surface area contributed by atoms with Gasteiger partial charge in [0.05, 0.1) is 0 Å². The molecule has 4 heterocycles. The number of benzene rings is 1. The quantitative estimate of drug-likeness (QED) is 0.529. The number of fused-ring (bicyclic) bond motifs is 5. The van der Waals surface area contributed by atoms with Gasteiger partial charge in [-0.3, -0.25) is 9.59 Å². The summed E-state index contributed by atoms with van der Waals surface area (Å²) in [5.74, 6) is 0.799. The van der Waals surface area contributed by atoms with E-state index in [1.165, 1.54) is 0 Å². The Morgan fingerprint density at radius 1 is 1.11 bits per heavy atom. The standard InChI is InChI=1S/C27H31N3O5/c1-16-20-6-8-23(31)17(2)26(20)35-27(34)21(16)7-9-24(32)28-10-11-29-13-18-12-19(15-29)22-4-3-5-25(33)30(22)14-18/h3-6,8,18-19,31H,7,9-15H2,1-2H3,(H,28,32)/t18-,19+/m1/s1. The third kappa shape index (κ3) is 4.50. The van der Waals surface area contributed by atoms with Gasteiger partial charge in [-0.25, -0.2) is 4.79 Å². The van der Waals surface area contributed by atoms with Crippen molar-refractivity contribution in [2.75, 3.05) is 26.2 Å². The van der Waals surface area contributed by atoms with Crippen molar-refractivity contribution < 1.29 is 14.3 Å². The van der Waals surface area contributed by atoms with Crippen LogP contribution in [-0.2, 0) is 17.8 Å². The third-order valence-electron chi connectivity index (χ3n) is 7.58. The zero-order valence-electron chi connectivity index (χ0n) is 20.2. The van der Waals surface area contributed by atoms with Gasteiger partial charge in [0.15, 0.2) is 0 Å². The van der Waals surface area contributed by atoms with Crippen LogP contribution in [0.4, 0.5) is 0 Å². The summed E-state index contributed by atoms with van der Waals surface area (Å²) in [6.07, 6.45) is 1.62. The summed E-state index contributed by atoms with van der Waals surface area (Å²) >= 11 is 0. The number of aromatic hydroxyl groups is 1. The van der Waals surface area contributed by atoms with Gasteiger partial charge >= 0.3 is 5.63 Å². The maximum Gasteiger partial charge on any atom is 0.339 e. The van der Waals surface area contributed by atoms with Crippen molar-refractivity contribution >= 4 is 16.9 Å². The molecule has 2 aliphatic rings. The van der Waals surface area contributed by atoms with Crippen LogP contribution in [0.15, 0.2) is 44.3 Å². The first-order chi connectivity index (χ1) is 16.8. The Morgan fingerprint density at radius 3 is 2.77 bits per heavy atom. The molecule has 1 saturated heterocycles. The fourth-order valence-corrected chi connectivity index (χ4v) is 5.73. The molecule has 0 unspecified atom stereocenters. The summed E-state index contributed by atoms with van der Waals surface area (Å²) in [4.78, 5) is 39.6. The average Bonchev–Trinajstić information content (AvgIpc) is 2.82. The molecule has 2 aromatic heterocycles. The average molecular weight is 478 g/mol. The minimum Gasteiger partial charge on any atom is -0.508 e. The number of likely N-dealkylation sites (tertiary alicyclic amines) is 1. The van der Waals surface area contributed by atoms with Gasteiger partial charge in [0.25, 0.3) is 5.56 Å². The molecule has 0 radical (unpaired) electrons. The molecule has 1 fully saturated rings. The van der Waals surface area contributed by atoms with E-state index in [-0.39, 0.29) is 23.6 Å². The van der Waals surface area contributed by atoms with Crippen molar-refractivity contribution in [2.24, 2.45) is 5.92 Å². The monoisotopic (exact) mass is 477 g/mol. The van der Waals surface area contributed by atoms with E-state index in [4.69, 9.17) is 4.42 Å². The van der Waals surface area contributed by atoms with Crippen molar-refractivity contribution in [3.05, 3.63) is 73.5 Å². The molecule has 2 atom stereocenters. The Labute approximate surface area is 203 Å². The van der Waals surface area contributed by atoms with E-state index in [1.54, 1.807) is 25.1 Å². The largest absolute Gasteiger partial charge is 0.508 e. The molecule has 8 nitrogen and oxygen atoms in total. The summed E-state index contributed by atoms with van der Waals surface area (Å²) in [6.45, 7) is 7.45. The second-order valence-corrected chi connectivity index (χ2v) is 9.89. The van der Waals surface area contributed by atoms with Gasteiger partial charge in [-0.05, 0) is 56.4 Å². The van der Waals surface area contributed by atoms with E-state index in [0.29, 0.717) is 41.5 Å². The highest BCUT2D eigenvalue weighted by Gasteiger charge is 2.34. The predicted octanol–water partition coefficient (Wildman–Crippen LogP) is 2.45. The molecule has 3 aromatic rings. The number of phenolic OH excluding ortho intramolecular Hbond substituents is 1. The predicted molar refractivity (Wildman–Crippen MR) is 133 cm³/mol. The van der Waals surface area contributed by atoms with Crippen LogP contribution in [-0.4, -0.2) is 46.7 Å². The number of amides is 1. The first-order valence-electron chi connectivity index (χ1n) is 12.3. The Hall–Kier alpha value is -3.39. The number of hydrogen-bond acceptors (Lipinski definition) is 6. The molecular formula is C27H31N3O5. The Morgan fingerprint density at radius 2 is 1.94 bits per heavy atom. The number of carbonyl (C=O) groups is 1. The van der Waals surface area contributed by atoms with E-state index >= 15 is 0 Å². The number of phenols is 1.